The van der Waals surface area contributed by atoms with E-state index in [0.717, 1.165) is 42.6 Å². The van der Waals surface area contributed by atoms with Gasteiger partial charge in [0, 0.05) is 11.6 Å². The summed E-state index contributed by atoms with van der Waals surface area (Å²) in [6.07, 6.45) is 3.66. The van der Waals surface area contributed by atoms with E-state index < -0.39 is 5.97 Å². The van der Waals surface area contributed by atoms with Crippen molar-refractivity contribution < 1.29 is 19.1 Å². The Morgan fingerprint density at radius 1 is 1.19 bits per heavy atom. The molecule has 1 atom stereocenters. The molecule has 2 aliphatic rings. The molecule has 1 aliphatic heterocycles. The van der Waals surface area contributed by atoms with Gasteiger partial charge in [0.25, 0.3) is 0 Å². The maximum Gasteiger partial charge on any atom is 0.341 e. The third-order valence-electron chi connectivity index (χ3n) is 5.60. The van der Waals surface area contributed by atoms with E-state index in [2.05, 4.69) is 10.6 Å². The lowest BCUT2D eigenvalue weighted by Crippen LogP contribution is -2.46. The topological polar surface area (TPSA) is 87.7 Å². The predicted molar refractivity (Wildman–Crippen MR) is 125 cm³/mol. The summed E-state index contributed by atoms with van der Waals surface area (Å²) >= 11 is 7.63. The number of halogens is 1. The molecule has 0 spiro atoms. The number of nitrogens with one attached hydrogen (secondary N) is 2. The second-order valence-corrected chi connectivity index (χ2v) is 9.62. The van der Waals surface area contributed by atoms with Crippen LogP contribution in [-0.2, 0) is 14.3 Å². The molecule has 32 heavy (non-hydrogen) atoms. The Balaban J connectivity index is 1.52. The van der Waals surface area contributed by atoms with Crippen LogP contribution in [0.5, 0.6) is 0 Å². The first kappa shape index (κ1) is 22.8. The van der Waals surface area contributed by atoms with Gasteiger partial charge in [-0.3, -0.25) is 14.5 Å². The summed E-state index contributed by atoms with van der Waals surface area (Å²) in [4.78, 5) is 40.0. The quantitative estimate of drug-likeness (QED) is 0.565. The molecule has 170 valence electrons. The number of rotatable bonds is 8. The molecule has 2 N–H and O–H groups in total. The average Bonchev–Trinajstić information content (AvgIpc) is 3.35. The molecule has 1 saturated heterocycles. The van der Waals surface area contributed by atoms with Crippen molar-refractivity contribution in [1.29, 1.82) is 0 Å². The Bertz CT molecular complexity index is 1010. The Morgan fingerprint density at radius 3 is 2.62 bits per heavy atom. The zero-order valence-corrected chi connectivity index (χ0v) is 19.4. The fourth-order valence-corrected chi connectivity index (χ4v) is 5.33. The summed E-state index contributed by atoms with van der Waals surface area (Å²) in [6, 6.07) is 9.30. The molecule has 1 aromatic heterocycles. The van der Waals surface area contributed by atoms with Gasteiger partial charge in [0.1, 0.15) is 14.9 Å². The maximum absolute atomic E-state index is 12.9. The molecule has 2 heterocycles. The molecule has 2 aromatic rings. The van der Waals surface area contributed by atoms with E-state index in [1.165, 1.54) is 0 Å². The number of thiophene rings is 1. The molecular weight excluding hydrogens is 450 g/mol. The van der Waals surface area contributed by atoms with Crippen LogP contribution in [-0.4, -0.2) is 54.5 Å². The number of anilines is 1. The predicted octanol–water partition coefficient (Wildman–Crippen LogP) is 3.93. The van der Waals surface area contributed by atoms with Gasteiger partial charge in [0.2, 0.25) is 11.8 Å². The lowest BCUT2D eigenvalue weighted by molar-refractivity contribution is -0.126. The van der Waals surface area contributed by atoms with Gasteiger partial charge in [-0.05, 0) is 44.7 Å². The van der Waals surface area contributed by atoms with Crippen molar-refractivity contribution >= 4 is 45.7 Å². The van der Waals surface area contributed by atoms with E-state index in [1.54, 1.807) is 6.92 Å². The Hall–Kier alpha value is -2.42. The van der Waals surface area contributed by atoms with Crippen molar-refractivity contribution in [2.75, 3.05) is 25.0 Å². The van der Waals surface area contributed by atoms with Crippen molar-refractivity contribution in [1.82, 2.24) is 10.2 Å². The average molecular weight is 476 g/mol. The number of nitrogens with zero attached hydrogens (tertiary/aromatic N) is 1. The minimum absolute atomic E-state index is 0.00413. The number of carbonyl (C=O) groups is 3. The fourth-order valence-electron chi connectivity index (χ4n) is 3.94. The van der Waals surface area contributed by atoms with Crippen molar-refractivity contribution in [3.8, 4) is 11.1 Å². The zero-order valence-electron chi connectivity index (χ0n) is 17.9. The van der Waals surface area contributed by atoms with Gasteiger partial charge in [-0.2, -0.15) is 0 Å². The van der Waals surface area contributed by atoms with Gasteiger partial charge in [-0.1, -0.05) is 41.9 Å². The number of hydrogen-bond donors (Lipinski definition) is 2. The van der Waals surface area contributed by atoms with Crippen LogP contribution in [0.2, 0.25) is 4.34 Å². The first-order valence-electron chi connectivity index (χ1n) is 10.9. The first-order chi connectivity index (χ1) is 15.5. The molecule has 1 saturated carbocycles. The van der Waals surface area contributed by atoms with E-state index in [1.807, 2.05) is 35.2 Å². The summed E-state index contributed by atoms with van der Waals surface area (Å²) in [7, 11) is 0. The van der Waals surface area contributed by atoms with Crippen LogP contribution in [0.1, 0.15) is 43.0 Å². The molecule has 1 unspecified atom stereocenters. The molecule has 4 rings (SSSR count). The third-order valence-corrected chi connectivity index (χ3v) is 6.91. The number of ether oxygens (including phenoxy) is 1. The lowest BCUT2D eigenvalue weighted by Gasteiger charge is -2.23. The van der Waals surface area contributed by atoms with Crippen LogP contribution in [0.4, 0.5) is 5.00 Å². The van der Waals surface area contributed by atoms with Gasteiger partial charge in [0.15, 0.2) is 0 Å². The van der Waals surface area contributed by atoms with Crippen molar-refractivity contribution in [2.45, 2.75) is 44.7 Å². The van der Waals surface area contributed by atoms with Crippen molar-refractivity contribution in [3.63, 3.8) is 0 Å². The molecule has 2 amide bonds. The number of hydrogen-bond acceptors (Lipinski definition) is 6. The van der Waals surface area contributed by atoms with Gasteiger partial charge in [-0.25, -0.2) is 4.79 Å². The first-order valence-corrected chi connectivity index (χ1v) is 12.1. The largest absolute Gasteiger partial charge is 0.462 e. The maximum atomic E-state index is 12.9. The number of esters is 1. The monoisotopic (exact) mass is 475 g/mol. The minimum Gasteiger partial charge on any atom is -0.462 e. The summed E-state index contributed by atoms with van der Waals surface area (Å²) in [5, 5.41) is 6.23. The van der Waals surface area contributed by atoms with Gasteiger partial charge >= 0.3 is 5.97 Å². The van der Waals surface area contributed by atoms with E-state index in [0.29, 0.717) is 21.4 Å². The van der Waals surface area contributed by atoms with E-state index in [4.69, 9.17) is 16.3 Å². The SMILES string of the molecule is CCOC(=O)c1c(NC(=O)CN2CCCC2C(=O)NC2CC2)sc(Cl)c1-c1ccccc1. The van der Waals surface area contributed by atoms with E-state index in [9.17, 15) is 14.4 Å². The Kier molecular flexibility index (Phi) is 7.13. The van der Waals surface area contributed by atoms with Crippen LogP contribution >= 0.6 is 22.9 Å². The third kappa shape index (κ3) is 5.14. The number of amides is 2. The normalized spacial score (nSPS) is 18.4. The van der Waals surface area contributed by atoms with E-state index in [-0.39, 0.29) is 42.6 Å². The number of likely N-dealkylation sites (tertiary alicyclic amines) is 1. The molecule has 0 radical (unpaired) electrons. The van der Waals surface area contributed by atoms with Gasteiger partial charge in [-0.15, -0.1) is 11.3 Å². The Morgan fingerprint density at radius 2 is 1.94 bits per heavy atom. The van der Waals surface area contributed by atoms with Gasteiger partial charge in [0.05, 0.1) is 19.2 Å². The van der Waals surface area contributed by atoms with Crippen LogP contribution < -0.4 is 10.6 Å². The molecule has 2 fully saturated rings. The molecule has 1 aliphatic carbocycles. The molecule has 9 heteroatoms. The molecule has 1 aromatic carbocycles. The number of carbonyl (C=O) groups excluding carboxylic acids is 3. The fraction of sp³-hybridized carbons (Fsp3) is 0.435. The highest BCUT2D eigenvalue weighted by atomic mass is 35.5. The van der Waals surface area contributed by atoms with Crippen LogP contribution in [0.15, 0.2) is 30.3 Å². The molecule has 7 nitrogen and oxygen atoms in total. The molecule has 0 bridgehead atoms. The zero-order chi connectivity index (χ0) is 22.7. The minimum atomic E-state index is -0.535. The summed E-state index contributed by atoms with van der Waals surface area (Å²) in [5.41, 5.74) is 1.58. The highest BCUT2D eigenvalue weighted by molar-refractivity contribution is 7.21. The standard InChI is InChI=1S/C23H26ClN3O4S/c1-2-31-23(30)19-18(14-7-4-3-5-8-14)20(24)32-22(19)26-17(28)13-27-12-6-9-16(27)21(29)25-15-10-11-15/h3-5,7-8,15-16H,2,6,9-13H2,1H3,(H,25,29)(H,26,28). The molecular formula is C23H26ClN3O4S. The second kappa shape index (κ2) is 10.0. The summed E-state index contributed by atoms with van der Waals surface area (Å²) in [5.74, 6) is -0.831. The second-order valence-electron chi connectivity index (χ2n) is 8.00. The highest BCUT2D eigenvalue weighted by Gasteiger charge is 2.35. The van der Waals surface area contributed by atoms with Gasteiger partial charge < -0.3 is 15.4 Å². The van der Waals surface area contributed by atoms with Crippen molar-refractivity contribution in [3.05, 3.63) is 40.2 Å². The van der Waals surface area contributed by atoms with E-state index >= 15 is 0 Å². The van der Waals surface area contributed by atoms with Crippen LogP contribution in [0.25, 0.3) is 11.1 Å². The highest BCUT2D eigenvalue weighted by Crippen LogP contribution is 2.44. The van der Waals surface area contributed by atoms with Crippen molar-refractivity contribution in [2.24, 2.45) is 0 Å². The Labute approximate surface area is 196 Å². The summed E-state index contributed by atoms with van der Waals surface area (Å²) in [6.45, 7) is 2.69. The van der Waals surface area contributed by atoms with Crippen LogP contribution in [0, 0.1) is 0 Å². The summed E-state index contributed by atoms with van der Waals surface area (Å²) < 4.78 is 5.65. The lowest BCUT2D eigenvalue weighted by atomic mass is 10.0. The number of benzene rings is 1. The smallest absolute Gasteiger partial charge is 0.341 e. The van der Waals surface area contributed by atoms with Crippen LogP contribution in [0.3, 0.4) is 0 Å².